The molecule has 0 saturated carbocycles. The summed E-state index contributed by atoms with van der Waals surface area (Å²) in [6.07, 6.45) is -1.87. The zero-order chi connectivity index (χ0) is 23.4. The van der Waals surface area contributed by atoms with Crippen molar-refractivity contribution in [2.45, 2.75) is 25.4 Å². The second-order valence-corrected chi connectivity index (χ2v) is 8.76. The lowest BCUT2D eigenvalue weighted by molar-refractivity contribution is -0.141. The van der Waals surface area contributed by atoms with Crippen LogP contribution in [0.5, 0.6) is 5.75 Å². The van der Waals surface area contributed by atoms with Crippen molar-refractivity contribution in [3.05, 3.63) is 64.7 Å². The van der Waals surface area contributed by atoms with Crippen LogP contribution in [0.25, 0.3) is 10.6 Å². The fourth-order valence-electron chi connectivity index (χ4n) is 3.89. The highest BCUT2D eigenvalue weighted by Gasteiger charge is 2.40. The maximum Gasteiger partial charge on any atom is 0.435 e. The topological polar surface area (TPSA) is 54.5 Å². The first-order valence-electron chi connectivity index (χ1n) is 10.7. The van der Waals surface area contributed by atoms with Gasteiger partial charge in [0.25, 0.3) is 5.91 Å². The van der Waals surface area contributed by atoms with E-state index in [4.69, 9.17) is 4.74 Å². The molecule has 3 aromatic rings. The summed E-state index contributed by atoms with van der Waals surface area (Å²) in [6.45, 7) is 2.28. The molecule has 1 aliphatic rings. The maximum atomic E-state index is 13.6. The lowest BCUT2D eigenvalue weighted by Gasteiger charge is -2.18. The molecule has 1 amide bonds. The largest absolute Gasteiger partial charge is 0.496 e. The van der Waals surface area contributed by atoms with Crippen LogP contribution in [-0.4, -0.2) is 37.6 Å². The lowest BCUT2D eigenvalue weighted by Crippen LogP contribution is -2.27. The molecule has 1 saturated heterocycles. The Kier molecular flexibility index (Phi) is 6.88. The second kappa shape index (κ2) is 9.82. The highest BCUT2D eigenvalue weighted by Crippen LogP contribution is 2.40. The highest BCUT2D eigenvalue weighted by molar-refractivity contribution is 7.17. The van der Waals surface area contributed by atoms with E-state index in [0.717, 1.165) is 24.3 Å². The third-order valence-electron chi connectivity index (χ3n) is 5.52. The van der Waals surface area contributed by atoms with Crippen LogP contribution in [0.4, 0.5) is 18.9 Å². The number of hydrogen-bond acceptors (Lipinski definition) is 5. The molecule has 2 aromatic carbocycles. The molecule has 2 heterocycles. The van der Waals surface area contributed by atoms with Gasteiger partial charge in [0.05, 0.1) is 12.7 Å². The van der Waals surface area contributed by atoms with Crippen molar-refractivity contribution >= 4 is 22.9 Å². The average Bonchev–Trinajstić information content (AvgIpc) is 3.49. The molecular weight excluding hydrogens is 451 g/mol. The van der Waals surface area contributed by atoms with Crippen LogP contribution in [0.15, 0.2) is 48.5 Å². The minimum Gasteiger partial charge on any atom is -0.496 e. The van der Waals surface area contributed by atoms with Gasteiger partial charge in [-0.15, -0.1) is 11.3 Å². The number of anilines is 1. The van der Waals surface area contributed by atoms with Gasteiger partial charge in [-0.05, 0) is 49.1 Å². The third kappa shape index (κ3) is 5.30. The van der Waals surface area contributed by atoms with Gasteiger partial charge in [-0.1, -0.05) is 24.3 Å². The molecular formula is C24H24F3N3O2S. The summed E-state index contributed by atoms with van der Waals surface area (Å²) in [5.74, 6) is -0.388. The molecule has 0 radical (unpaired) electrons. The van der Waals surface area contributed by atoms with Crippen LogP contribution in [0.1, 0.15) is 33.8 Å². The van der Waals surface area contributed by atoms with Gasteiger partial charge >= 0.3 is 6.18 Å². The first-order valence-corrected chi connectivity index (χ1v) is 11.5. The number of carbonyl (C=O) groups excluding carboxylic acids is 1. The molecule has 4 rings (SSSR count). The Morgan fingerprint density at radius 2 is 1.91 bits per heavy atom. The van der Waals surface area contributed by atoms with Gasteiger partial charge in [0, 0.05) is 25.3 Å². The van der Waals surface area contributed by atoms with Crippen molar-refractivity contribution in [2.24, 2.45) is 0 Å². The number of benzene rings is 2. The minimum absolute atomic E-state index is 0.0863. The number of rotatable bonds is 7. The number of halogens is 3. The Bertz CT molecular complexity index is 1120. The van der Waals surface area contributed by atoms with Crippen molar-refractivity contribution in [1.29, 1.82) is 0 Å². The molecule has 0 unspecified atom stereocenters. The molecule has 0 aliphatic carbocycles. The van der Waals surface area contributed by atoms with E-state index in [1.807, 2.05) is 12.1 Å². The van der Waals surface area contributed by atoms with Crippen molar-refractivity contribution in [2.75, 3.05) is 31.6 Å². The number of ether oxygens (including phenoxy) is 1. The Balaban J connectivity index is 1.49. The summed E-state index contributed by atoms with van der Waals surface area (Å²) < 4.78 is 46.1. The number of nitrogens with one attached hydrogen (secondary N) is 1. The molecule has 1 N–H and O–H groups in total. The molecule has 0 spiro atoms. The van der Waals surface area contributed by atoms with E-state index in [2.05, 4.69) is 27.3 Å². The maximum absolute atomic E-state index is 13.6. The second-order valence-electron chi connectivity index (χ2n) is 7.76. The van der Waals surface area contributed by atoms with Crippen LogP contribution in [0.2, 0.25) is 0 Å². The molecule has 33 heavy (non-hydrogen) atoms. The van der Waals surface area contributed by atoms with Crippen molar-refractivity contribution < 1.29 is 22.7 Å². The van der Waals surface area contributed by atoms with Gasteiger partial charge in [0.15, 0.2) is 5.69 Å². The Hall–Kier alpha value is -3.07. The van der Waals surface area contributed by atoms with Gasteiger partial charge in [0.2, 0.25) is 0 Å². The average molecular weight is 476 g/mol. The summed E-state index contributed by atoms with van der Waals surface area (Å²) in [6, 6.07) is 14.7. The minimum atomic E-state index is -4.74. The van der Waals surface area contributed by atoms with E-state index in [1.54, 1.807) is 24.3 Å². The fraction of sp³-hybridized carbons (Fsp3) is 0.333. The Morgan fingerprint density at radius 3 is 2.64 bits per heavy atom. The smallest absolute Gasteiger partial charge is 0.435 e. The van der Waals surface area contributed by atoms with E-state index in [0.29, 0.717) is 29.1 Å². The molecule has 9 heteroatoms. The van der Waals surface area contributed by atoms with Crippen molar-refractivity contribution in [3.8, 4) is 16.3 Å². The number of para-hydroxylation sites is 1. The lowest BCUT2D eigenvalue weighted by atomic mass is 10.1. The molecule has 174 valence electrons. The van der Waals surface area contributed by atoms with E-state index >= 15 is 0 Å². The number of methoxy groups -OCH3 is 1. The number of thiazole rings is 1. The number of amides is 1. The summed E-state index contributed by atoms with van der Waals surface area (Å²) in [5.41, 5.74) is 1.39. The van der Waals surface area contributed by atoms with Crippen molar-refractivity contribution in [1.82, 2.24) is 10.3 Å². The van der Waals surface area contributed by atoms with Gasteiger partial charge in [-0.2, -0.15) is 13.2 Å². The van der Waals surface area contributed by atoms with Crippen molar-refractivity contribution in [3.63, 3.8) is 0 Å². The van der Waals surface area contributed by atoms with Crippen LogP contribution in [0, 0.1) is 0 Å². The molecule has 5 nitrogen and oxygen atoms in total. The van der Waals surface area contributed by atoms with Crippen LogP contribution < -0.4 is 15.0 Å². The SMILES string of the molecule is COc1ccccc1-c1nc(C(F)(F)F)c(C(=O)NCCc2cccc(N3CCCC3)c2)s1. The normalized spacial score (nSPS) is 13.9. The van der Waals surface area contributed by atoms with Crippen LogP contribution >= 0.6 is 11.3 Å². The molecule has 1 fully saturated rings. The number of aromatic nitrogens is 1. The summed E-state index contributed by atoms with van der Waals surface area (Å²) in [5, 5.41) is 2.72. The third-order valence-corrected chi connectivity index (χ3v) is 6.61. The zero-order valence-corrected chi connectivity index (χ0v) is 18.9. The molecule has 1 aliphatic heterocycles. The molecule has 1 aromatic heterocycles. The van der Waals surface area contributed by atoms with Gasteiger partial charge in [-0.25, -0.2) is 4.98 Å². The first kappa shape index (κ1) is 23.1. The zero-order valence-electron chi connectivity index (χ0n) is 18.1. The molecule has 0 atom stereocenters. The monoisotopic (exact) mass is 475 g/mol. The predicted molar refractivity (Wildman–Crippen MR) is 123 cm³/mol. The highest BCUT2D eigenvalue weighted by atomic mass is 32.1. The van der Waals surface area contributed by atoms with E-state index in [1.165, 1.54) is 20.0 Å². The number of alkyl halides is 3. The fourth-order valence-corrected chi connectivity index (χ4v) is 4.92. The van der Waals surface area contributed by atoms with Crippen LogP contribution in [0.3, 0.4) is 0 Å². The van der Waals surface area contributed by atoms with Crippen LogP contribution in [-0.2, 0) is 12.6 Å². The quantitative estimate of drug-likeness (QED) is 0.497. The van der Waals surface area contributed by atoms with Gasteiger partial charge in [0.1, 0.15) is 15.6 Å². The van der Waals surface area contributed by atoms with E-state index in [9.17, 15) is 18.0 Å². The predicted octanol–water partition coefficient (Wildman–Crippen LogP) is 5.41. The Morgan fingerprint density at radius 1 is 1.15 bits per heavy atom. The number of carbonyl (C=O) groups is 1. The van der Waals surface area contributed by atoms with E-state index in [-0.39, 0.29) is 11.6 Å². The summed E-state index contributed by atoms with van der Waals surface area (Å²) in [4.78, 5) is 18.3. The number of nitrogens with zero attached hydrogens (tertiary/aromatic N) is 2. The summed E-state index contributed by atoms with van der Waals surface area (Å²) >= 11 is 0.713. The van der Waals surface area contributed by atoms with Gasteiger partial charge < -0.3 is 15.0 Å². The number of hydrogen-bond donors (Lipinski definition) is 1. The molecule has 0 bridgehead atoms. The first-order chi connectivity index (χ1) is 15.9. The van der Waals surface area contributed by atoms with E-state index < -0.39 is 22.7 Å². The summed E-state index contributed by atoms with van der Waals surface area (Å²) in [7, 11) is 1.43. The standard InChI is InChI=1S/C24H24F3N3O2S/c1-32-19-10-3-2-9-18(19)23-29-21(24(25,26)27)20(33-23)22(31)28-12-11-16-7-6-8-17(15-16)30-13-4-5-14-30/h2-3,6-10,15H,4-5,11-14H2,1H3,(H,28,31). The van der Waals surface area contributed by atoms with Gasteiger partial charge in [-0.3, -0.25) is 4.79 Å². The Labute approximate surface area is 194 Å².